The highest BCUT2D eigenvalue weighted by Gasteiger charge is 2.09. The van der Waals surface area contributed by atoms with Gasteiger partial charge >= 0.3 is 0 Å². The van der Waals surface area contributed by atoms with Crippen molar-refractivity contribution in [3.63, 3.8) is 0 Å². The number of nitrogens with one attached hydrogen (secondary N) is 2. The van der Waals surface area contributed by atoms with Gasteiger partial charge < -0.3 is 24.7 Å². The van der Waals surface area contributed by atoms with E-state index >= 15 is 0 Å². The summed E-state index contributed by atoms with van der Waals surface area (Å²) in [5.74, 6) is 3.15. The van der Waals surface area contributed by atoms with Crippen LogP contribution in [-0.2, 0) is 18.3 Å². The molecule has 1 unspecified atom stereocenters. The number of hydrogen-bond acceptors (Lipinski definition) is 5. The molecule has 1 heterocycles. The lowest BCUT2D eigenvalue weighted by atomic mass is 10.3. The average molecular weight is 439 g/mol. The zero-order chi connectivity index (χ0) is 19.6. The van der Waals surface area contributed by atoms with Crippen molar-refractivity contribution in [1.29, 1.82) is 0 Å². The molecule has 148 valence electrons. The topological polar surface area (TPSA) is 85.6 Å². The molecule has 2 rings (SSSR count). The van der Waals surface area contributed by atoms with E-state index in [1.165, 1.54) is 0 Å². The summed E-state index contributed by atoms with van der Waals surface area (Å²) in [4.78, 5) is 4.59. The minimum Gasteiger partial charge on any atom is -0.488 e. The van der Waals surface area contributed by atoms with Gasteiger partial charge in [0, 0.05) is 20.7 Å². The second kappa shape index (κ2) is 10.9. The number of aromatic nitrogens is 3. The molecule has 2 aromatic rings. The summed E-state index contributed by atoms with van der Waals surface area (Å²) in [7, 11) is 3.60. The molecule has 2 N–H and O–H groups in total. The molecule has 27 heavy (non-hydrogen) atoms. The SMILES string of the molecule is COCCNC(=NCc1nnc(C)n1C)NCC(C)Oc1ccccc1Br. The van der Waals surface area contributed by atoms with Crippen LogP contribution in [0.4, 0.5) is 0 Å². The molecule has 0 spiro atoms. The third kappa shape index (κ3) is 6.84. The van der Waals surface area contributed by atoms with Gasteiger partial charge in [-0.15, -0.1) is 10.2 Å². The van der Waals surface area contributed by atoms with E-state index in [0.717, 1.165) is 21.9 Å². The van der Waals surface area contributed by atoms with Crippen LogP contribution in [0.2, 0.25) is 0 Å². The van der Waals surface area contributed by atoms with Crippen LogP contribution in [0, 0.1) is 6.92 Å². The fraction of sp³-hybridized carbons (Fsp3) is 0.500. The minimum atomic E-state index is -0.0461. The molecule has 0 amide bonds. The maximum absolute atomic E-state index is 5.96. The normalized spacial score (nSPS) is 12.7. The Morgan fingerprint density at radius 3 is 2.74 bits per heavy atom. The maximum atomic E-state index is 5.96. The van der Waals surface area contributed by atoms with Crippen molar-refractivity contribution in [2.75, 3.05) is 26.8 Å². The molecule has 1 aromatic carbocycles. The van der Waals surface area contributed by atoms with Crippen molar-refractivity contribution in [2.24, 2.45) is 12.0 Å². The number of nitrogens with zero attached hydrogens (tertiary/aromatic N) is 4. The molecular weight excluding hydrogens is 412 g/mol. The van der Waals surface area contributed by atoms with Crippen molar-refractivity contribution in [3.05, 3.63) is 40.4 Å². The van der Waals surface area contributed by atoms with Crippen LogP contribution in [0.3, 0.4) is 0 Å². The van der Waals surface area contributed by atoms with Crippen molar-refractivity contribution in [3.8, 4) is 5.75 Å². The number of hydrogen-bond donors (Lipinski definition) is 2. The smallest absolute Gasteiger partial charge is 0.191 e. The van der Waals surface area contributed by atoms with Gasteiger partial charge in [-0.2, -0.15) is 0 Å². The number of aryl methyl sites for hydroxylation is 1. The number of aliphatic imine (C=N–C) groups is 1. The Hall–Kier alpha value is -2.13. The van der Waals surface area contributed by atoms with Gasteiger partial charge in [-0.3, -0.25) is 0 Å². The van der Waals surface area contributed by atoms with Crippen LogP contribution >= 0.6 is 15.9 Å². The Kier molecular flexibility index (Phi) is 8.53. The Bertz CT molecular complexity index is 749. The van der Waals surface area contributed by atoms with Gasteiger partial charge in [0.25, 0.3) is 0 Å². The molecule has 0 radical (unpaired) electrons. The van der Waals surface area contributed by atoms with Crippen LogP contribution in [0.1, 0.15) is 18.6 Å². The molecule has 1 aromatic heterocycles. The first kappa shape index (κ1) is 21.2. The lowest BCUT2D eigenvalue weighted by Crippen LogP contribution is -2.43. The number of ether oxygens (including phenoxy) is 2. The predicted octanol–water partition coefficient (Wildman–Crippen LogP) is 2.04. The lowest BCUT2D eigenvalue weighted by Gasteiger charge is -2.18. The van der Waals surface area contributed by atoms with Gasteiger partial charge in [0.15, 0.2) is 11.8 Å². The Balaban J connectivity index is 1.93. The monoisotopic (exact) mass is 438 g/mol. The van der Waals surface area contributed by atoms with Gasteiger partial charge in [0.05, 0.1) is 17.6 Å². The van der Waals surface area contributed by atoms with E-state index in [4.69, 9.17) is 9.47 Å². The van der Waals surface area contributed by atoms with Crippen molar-refractivity contribution < 1.29 is 9.47 Å². The molecule has 0 aliphatic carbocycles. The number of benzene rings is 1. The summed E-state index contributed by atoms with van der Waals surface area (Å²) in [6.45, 7) is 6.19. The highest BCUT2D eigenvalue weighted by molar-refractivity contribution is 9.10. The first-order valence-corrected chi connectivity index (χ1v) is 9.57. The lowest BCUT2D eigenvalue weighted by molar-refractivity contribution is 0.203. The second-order valence-corrected chi connectivity index (χ2v) is 6.90. The minimum absolute atomic E-state index is 0.0461. The van der Waals surface area contributed by atoms with E-state index < -0.39 is 0 Å². The molecule has 0 fully saturated rings. The number of para-hydroxylation sites is 1. The number of rotatable bonds is 9. The summed E-state index contributed by atoms with van der Waals surface area (Å²) >= 11 is 3.50. The Morgan fingerprint density at radius 1 is 1.30 bits per heavy atom. The van der Waals surface area contributed by atoms with E-state index in [2.05, 4.69) is 41.8 Å². The molecule has 1 atom stereocenters. The van der Waals surface area contributed by atoms with Crippen molar-refractivity contribution in [2.45, 2.75) is 26.5 Å². The number of guanidine groups is 1. The molecule has 0 aliphatic rings. The highest BCUT2D eigenvalue weighted by atomic mass is 79.9. The van der Waals surface area contributed by atoms with Crippen LogP contribution in [-0.4, -0.2) is 53.6 Å². The zero-order valence-corrected chi connectivity index (χ0v) is 17.8. The Morgan fingerprint density at radius 2 is 2.07 bits per heavy atom. The van der Waals surface area contributed by atoms with Crippen LogP contribution < -0.4 is 15.4 Å². The third-order valence-electron chi connectivity index (χ3n) is 3.88. The van der Waals surface area contributed by atoms with E-state index in [1.807, 2.05) is 49.7 Å². The first-order valence-electron chi connectivity index (χ1n) is 8.78. The second-order valence-electron chi connectivity index (χ2n) is 6.05. The molecule has 0 saturated carbocycles. The fourth-order valence-corrected chi connectivity index (χ4v) is 2.60. The molecule has 9 heteroatoms. The fourth-order valence-electron chi connectivity index (χ4n) is 2.22. The van der Waals surface area contributed by atoms with Gasteiger partial charge in [-0.1, -0.05) is 12.1 Å². The number of halogens is 1. The molecular formula is C18H27BrN6O2. The summed E-state index contributed by atoms with van der Waals surface area (Å²) in [5, 5.41) is 14.7. The van der Waals surface area contributed by atoms with E-state index in [9.17, 15) is 0 Å². The summed E-state index contributed by atoms with van der Waals surface area (Å²) in [6.07, 6.45) is -0.0461. The first-order chi connectivity index (χ1) is 13.0. The van der Waals surface area contributed by atoms with E-state index in [0.29, 0.717) is 32.2 Å². The third-order valence-corrected chi connectivity index (χ3v) is 4.54. The predicted molar refractivity (Wildman–Crippen MR) is 109 cm³/mol. The van der Waals surface area contributed by atoms with E-state index in [1.54, 1.807) is 7.11 Å². The standard InChI is InChI=1S/C18H27BrN6O2/c1-13(27-16-8-6-5-7-15(16)19)11-21-18(20-9-10-26-4)22-12-17-24-23-14(2)25(17)3/h5-8,13H,9-12H2,1-4H3,(H2,20,21,22). The van der Waals surface area contributed by atoms with Gasteiger partial charge in [0.1, 0.15) is 24.2 Å². The number of methoxy groups -OCH3 is 1. The van der Waals surface area contributed by atoms with Crippen molar-refractivity contribution in [1.82, 2.24) is 25.4 Å². The van der Waals surface area contributed by atoms with Crippen LogP contribution in [0.5, 0.6) is 5.75 Å². The average Bonchev–Trinajstić information content (AvgIpc) is 2.97. The van der Waals surface area contributed by atoms with Gasteiger partial charge in [-0.05, 0) is 41.9 Å². The molecule has 0 saturated heterocycles. The molecule has 8 nitrogen and oxygen atoms in total. The van der Waals surface area contributed by atoms with Crippen molar-refractivity contribution >= 4 is 21.9 Å². The summed E-state index contributed by atoms with van der Waals surface area (Å²) in [5.41, 5.74) is 0. The summed E-state index contributed by atoms with van der Waals surface area (Å²) in [6, 6.07) is 7.79. The zero-order valence-electron chi connectivity index (χ0n) is 16.2. The quantitative estimate of drug-likeness (QED) is 0.354. The highest BCUT2D eigenvalue weighted by Crippen LogP contribution is 2.24. The molecule has 0 bridgehead atoms. The van der Waals surface area contributed by atoms with Gasteiger partial charge in [-0.25, -0.2) is 4.99 Å². The van der Waals surface area contributed by atoms with Crippen LogP contribution in [0.25, 0.3) is 0 Å². The molecule has 0 aliphatic heterocycles. The maximum Gasteiger partial charge on any atom is 0.191 e. The Labute approximate surface area is 168 Å². The van der Waals surface area contributed by atoms with Crippen LogP contribution in [0.15, 0.2) is 33.7 Å². The van der Waals surface area contributed by atoms with Gasteiger partial charge in [0.2, 0.25) is 0 Å². The largest absolute Gasteiger partial charge is 0.488 e. The summed E-state index contributed by atoms with van der Waals surface area (Å²) < 4.78 is 13.9. The van der Waals surface area contributed by atoms with E-state index in [-0.39, 0.29) is 6.10 Å².